The number of hydrogen-bond acceptors (Lipinski definition) is 3. The maximum absolute atomic E-state index is 11.7. The van der Waals surface area contributed by atoms with Crippen molar-refractivity contribution in [2.75, 3.05) is 11.9 Å². The van der Waals surface area contributed by atoms with Crippen LogP contribution < -0.4 is 5.32 Å². The van der Waals surface area contributed by atoms with Crippen molar-refractivity contribution in [2.45, 2.75) is 12.8 Å². The van der Waals surface area contributed by atoms with E-state index in [0.29, 0.717) is 12.1 Å². The maximum atomic E-state index is 11.7. The molecule has 2 N–H and O–H groups in total. The molecule has 0 bridgehead atoms. The molecule has 90 valence electrons. The molecular weight excluding hydrogens is 218 g/mol. The van der Waals surface area contributed by atoms with E-state index in [2.05, 4.69) is 11.9 Å². The van der Waals surface area contributed by atoms with Gasteiger partial charge in [0.05, 0.1) is 6.42 Å². The van der Waals surface area contributed by atoms with Gasteiger partial charge in [0.15, 0.2) is 5.78 Å². The van der Waals surface area contributed by atoms with Crippen LogP contribution >= 0.6 is 0 Å². The zero-order valence-corrected chi connectivity index (χ0v) is 9.48. The van der Waals surface area contributed by atoms with E-state index in [4.69, 9.17) is 5.11 Å². The molecule has 0 atom stereocenters. The first-order valence-corrected chi connectivity index (χ1v) is 5.33. The lowest BCUT2D eigenvalue weighted by molar-refractivity contribution is -0.136. The quantitative estimate of drug-likeness (QED) is 0.560. The third-order valence-corrected chi connectivity index (χ3v) is 2.20. The summed E-state index contributed by atoms with van der Waals surface area (Å²) in [6, 6.07) is 7.01. The molecule has 17 heavy (non-hydrogen) atoms. The fraction of sp³-hybridized carbons (Fsp3) is 0.231. The van der Waals surface area contributed by atoms with Crippen molar-refractivity contribution in [3.8, 4) is 0 Å². The molecule has 1 aromatic carbocycles. The van der Waals surface area contributed by atoms with Gasteiger partial charge in [-0.3, -0.25) is 9.59 Å². The van der Waals surface area contributed by atoms with Gasteiger partial charge in [0, 0.05) is 24.2 Å². The highest BCUT2D eigenvalue weighted by Crippen LogP contribution is 2.13. The van der Waals surface area contributed by atoms with E-state index in [9.17, 15) is 9.59 Å². The number of nitrogens with one attached hydrogen (secondary N) is 1. The number of Topliss-reactive ketones (excluding diaryl/α,β-unsaturated/α-hetero) is 1. The number of rotatable bonds is 7. The van der Waals surface area contributed by atoms with Crippen molar-refractivity contribution in [1.82, 2.24) is 0 Å². The standard InChI is InChI=1S/C13H15NO3/c1-2-8-14-11-5-3-4-10(9-11)12(15)6-7-13(16)17/h2-5,9,14H,1,6-8H2,(H,16,17). The van der Waals surface area contributed by atoms with Crippen LogP contribution in [0.2, 0.25) is 0 Å². The molecule has 0 aromatic heterocycles. The molecule has 0 unspecified atom stereocenters. The topological polar surface area (TPSA) is 66.4 Å². The fourth-order valence-corrected chi connectivity index (χ4v) is 1.36. The molecule has 0 aliphatic carbocycles. The minimum Gasteiger partial charge on any atom is -0.481 e. The van der Waals surface area contributed by atoms with Crippen molar-refractivity contribution in [2.24, 2.45) is 0 Å². The first-order valence-electron chi connectivity index (χ1n) is 5.33. The molecule has 0 heterocycles. The van der Waals surface area contributed by atoms with Crippen LogP contribution in [0.1, 0.15) is 23.2 Å². The van der Waals surface area contributed by atoms with Crippen molar-refractivity contribution < 1.29 is 14.7 Å². The summed E-state index contributed by atoms with van der Waals surface area (Å²) in [4.78, 5) is 22.0. The zero-order valence-electron chi connectivity index (χ0n) is 9.48. The summed E-state index contributed by atoms with van der Waals surface area (Å²) in [5, 5.41) is 11.6. The Labute approximate surface area is 100.0 Å². The number of carboxylic acid groups (broad SMARTS) is 1. The number of anilines is 1. The summed E-state index contributed by atoms with van der Waals surface area (Å²) in [6.45, 7) is 4.21. The van der Waals surface area contributed by atoms with Crippen LogP contribution in [0.15, 0.2) is 36.9 Å². The van der Waals surface area contributed by atoms with Gasteiger partial charge in [-0.2, -0.15) is 0 Å². The van der Waals surface area contributed by atoms with E-state index in [-0.39, 0.29) is 18.6 Å². The maximum Gasteiger partial charge on any atom is 0.303 e. The van der Waals surface area contributed by atoms with E-state index < -0.39 is 5.97 Å². The molecule has 0 amide bonds. The van der Waals surface area contributed by atoms with Crippen LogP contribution in [0.3, 0.4) is 0 Å². The number of carboxylic acids is 1. The highest BCUT2D eigenvalue weighted by Gasteiger charge is 2.08. The third-order valence-electron chi connectivity index (χ3n) is 2.20. The largest absolute Gasteiger partial charge is 0.481 e. The minimum atomic E-state index is -0.959. The molecule has 1 aromatic rings. The van der Waals surface area contributed by atoms with E-state index >= 15 is 0 Å². The van der Waals surface area contributed by atoms with E-state index in [1.807, 2.05) is 6.07 Å². The molecule has 0 spiro atoms. The number of ketones is 1. The third kappa shape index (κ3) is 4.51. The number of carbonyl (C=O) groups is 2. The van der Waals surface area contributed by atoms with Gasteiger partial charge in [0.25, 0.3) is 0 Å². The lowest BCUT2D eigenvalue weighted by atomic mass is 10.1. The van der Waals surface area contributed by atoms with Crippen LogP contribution in [-0.4, -0.2) is 23.4 Å². The van der Waals surface area contributed by atoms with Crippen LogP contribution in [0.4, 0.5) is 5.69 Å². The minimum absolute atomic E-state index is 0.0280. The fourth-order valence-electron chi connectivity index (χ4n) is 1.36. The van der Waals surface area contributed by atoms with Crippen molar-refractivity contribution >= 4 is 17.4 Å². The summed E-state index contributed by atoms with van der Waals surface area (Å²) in [5.41, 5.74) is 1.35. The Morgan fingerprint density at radius 2 is 2.12 bits per heavy atom. The van der Waals surface area contributed by atoms with E-state index in [1.54, 1.807) is 24.3 Å². The van der Waals surface area contributed by atoms with Crippen molar-refractivity contribution in [1.29, 1.82) is 0 Å². The van der Waals surface area contributed by atoms with Crippen LogP contribution in [-0.2, 0) is 4.79 Å². The predicted molar refractivity (Wildman–Crippen MR) is 66.3 cm³/mol. The van der Waals surface area contributed by atoms with Crippen LogP contribution in [0.25, 0.3) is 0 Å². The van der Waals surface area contributed by atoms with Crippen molar-refractivity contribution in [3.05, 3.63) is 42.5 Å². The molecule has 0 radical (unpaired) electrons. The molecular formula is C13H15NO3. The summed E-state index contributed by atoms with van der Waals surface area (Å²) < 4.78 is 0. The molecule has 0 saturated carbocycles. The highest BCUT2D eigenvalue weighted by atomic mass is 16.4. The van der Waals surface area contributed by atoms with Gasteiger partial charge in [-0.1, -0.05) is 18.2 Å². The second kappa shape index (κ2) is 6.48. The van der Waals surface area contributed by atoms with Gasteiger partial charge in [0.1, 0.15) is 0 Å². The Hall–Kier alpha value is -2.10. The molecule has 0 fully saturated rings. The van der Waals surface area contributed by atoms with E-state index in [1.165, 1.54) is 0 Å². The number of aliphatic carboxylic acids is 1. The number of benzene rings is 1. The smallest absolute Gasteiger partial charge is 0.303 e. The van der Waals surface area contributed by atoms with Gasteiger partial charge in [-0.15, -0.1) is 6.58 Å². The highest BCUT2D eigenvalue weighted by molar-refractivity contribution is 5.98. The van der Waals surface area contributed by atoms with Gasteiger partial charge in [-0.25, -0.2) is 0 Å². The predicted octanol–water partition coefficient (Wildman–Crippen LogP) is 2.33. The average molecular weight is 233 g/mol. The monoisotopic (exact) mass is 233 g/mol. The van der Waals surface area contributed by atoms with Crippen LogP contribution in [0, 0.1) is 0 Å². The Balaban J connectivity index is 2.66. The summed E-state index contributed by atoms with van der Waals surface area (Å²) in [7, 11) is 0. The second-order valence-corrected chi connectivity index (χ2v) is 3.57. The van der Waals surface area contributed by atoms with Crippen LogP contribution in [0.5, 0.6) is 0 Å². The lowest BCUT2D eigenvalue weighted by Gasteiger charge is -2.05. The molecule has 4 nitrogen and oxygen atoms in total. The van der Waals surface area contributed by atoms with Gasteiger partial charge in [-0.05, 0) is 12.1 Å². The summed E-state index contributed by atoms with van der Waals surface area (Å²) in [5.74, 6) is -1.12. The molecule has 1 rings (SSSR count). The zero-order chi connectivity index (χ0) is 12.7. The second-order valence-electron chi connectivity index (χ2n) is 3.57. The number of carbonyl (C=O) groups excluding carboxylic acids is 1. The SMILES string of the molecule is C=CCNc1cccc(C(=O)CCC(=O)O)c1. The Bertz CT molecular complexity index is 426. The lowest BCUT2D eigenvalue weighted by Crippen LogP contribution is -2.05. The van der Waals surface area contributed by atoms with Gasteiger partial charge in [0.2, 0.25) is 0 Å². The molecule has 0 aliphatic rings. The summed E-state index contributed by atoms with van der Waals surface area (Å²) in [6.07, 6.45) is 1.61. The first kappa shape index (κ1) is 13.0. The first-order chi connectivity index (χ1) is 8.13. The Kier molecular flexibility index (Phi) is 4.94. The average Bonchev–Trinajstić information content (AvgIpc) is 2.33. The Morgan fingerprint density at radius 3 is 2.76 bits per heavy atom. The molecule has 0 saturated heterocycles. The van der Waals surface area contributed by atoms with Gasteiger partial charge >= 0.3 is 5.97 Å². The Morgan fingerprint density at radius 1 is 1.35 bits per heavy atom. The van der Waals surface area contributed by atoms with Crippen molar-refractivity contribution in [3.63, 3.8) is 0 Å². The molecule has 4 heteroatoms. The van der Waals surface area contributed by atoms with Gasteiger partial charge < -0.3 is 10.4 Å². The summed E-state index contributed by atoms with van der Waals surface area (Å²) >= 11 is 0. The van der Waals surface area contributed by atoms with E-state index in [0.717, 1.165) is 5.69 Å². The normalized spacial score (nSPS) is 9.65. The number of hydrogen-bond donors (Lipinski definition) is 2. The molecule has 0 aliphatic heterocycles.